The van der Waals surface area contributed by atoms with E-state index in [4.69, 9.17) is 11.6 Å². The van der Waals surface area contributed by atoms with Gasteiger partial charge in [0.2, 0.25) is 0 Å². The smallest absolute Gasteiger partial charge is 0.337 e. The van der Waals surface area contributed by atoms with Gasteiger partial charge in [-0.05, 0) is 55.0 Å². The predicted octanol–water partition coefficient (Wildman–Crippen LogP) is 4.09. The van der Waals surface area contributed by atoms with Gasteiger partial charge in [0.1, 0.15) is 5.82 Å². The molecule has 0 spiro atoms. The summed E-state index contributed by atoms with van der Waals surface area (Å²) in [7, 11) is -4.04. The summed E-state index contributed by atoms with van der Waals surface area (Å²) in [5.41, 5.74) is 2.53. The summed E-state index contributed by atoms with van der Waals surface area (Å²) in [5, 5.41) is 9.27. The Kier molecular flexibility index (Phi) is 4.92. The van der Waals surface area contributed by atoms with Crippen LogP contribution in [0.3, 0.4) is 0 Å². The number of aromatic amines is 1. The highest BCUT2D eigenvalue weighted by atomic mass is 35.5. The largest absolute Gasteiger partial charge is 0.478 e. The Morgan fingerprint density at radius 1 is 1.13 bits per heavy atom. The lowest BCUT2D eigenvalue weighted by molar-refractivity contribution is 0.0696. The molecule has 0 bridgehead atoms. The average Bonchev–Trinajstić information content (AvgIpc) is 3.13. The van der Waals surface area contributed by atoms with Gasteiger partial charge in [-0.25, -0.2) is 18.2 Å². The zero-order chi connectivity index (χ0) is 21.5. The van der Waals surface area contributed by atoms with Crippen LogP contribution in [0.2, 0.25) is 5.02 Å². The second-order valence-electron chi connectivity index (χ2n) is 6.57. The minimum atomic E-state index is -4.04. The van der Waals surface area contributed by atoms with Crippen molar-refractivity contribution in [3.63, 3.8) is 0 Å². The van der Waals surface area contributed by atoms with Gasteiger partial charge in [-0.3, -0.25) is 9.71 Å². The van der Waals surface area contributed by atoms with Crippen LogP contribution in [0.25, 0.3) is 22.4 Å². The Hall–Kier alpha value is -3.43. The molecule has 2 aromatic heterocycles. The quantitative estimate of drug-likeness (QED) is 0.427. The van der Waals surface area contributed by atoms with E-state index < -0.39 is 16.0 Å². The molecule has 0 saturated heterocycles. The minimum absolute atomic E-state index is 0.00368. The maximum absolute atomic E-state index is 12.8. The van der Waals surface area contributed by atoms with Crippen LogP contribution in [-0.4, -0.2) is 34.4 Å². The number of carboxylic acids is 1. The molecule has 0 unspecified atom stereocenters. The highest BCUT2D eigenvalue weighted by Gasteiger charge is 2.21. The molecule has 2 aromatic carbocycles. The van der Waals surface area contributed by atoms with E-state index in [1.807, 2.05) is 12.1 Å². The van der Waals surface area contributed by atoms with Crippen molar-refractivity contribution in [3.8, 4) is 11.4 Å². The number of aryl methyl sites for hydroxylation is 1. The lowest BCUT2D eigenvalue weighted by atomic mass is 10.1. The molecule has 2 heterocycles. The van der Waals surface area contributed by atoms with E-state index in [9.17, 15) is 18.3 Å². The lowest BCUT2D eigenvalue weighted by Crippen LogP contribution is -2.14. The summed E-state index contributed by atoms with van der Waals surface area (Å²) in [6, 6.07) is 10.9. The Morgan fingerprint density at radius 3 is 2.57 bits per heavy atom. The summed E-state index contributed by atoms with van der Waals surface area (Å²) in [6.45, 7) is 1.55. The Bertz CT molecular complexity index is 1380. The van der Waals surface area contributed by atoms with Crippen LogP contribution in [0.5, 0.6) is 0 Å². The van der Waals surface area contributed by atoms with Crippen LogP contribution in [0.1, 0.15) is 15.9 Å². The first-order valence-electron chi connectivity index (χ1n) is 8.71. The maximum Gasteiger partial charge on any atom is 0.337 e. The third-order valence-electron chi connectivity index (χ3n) is 4.46. The summed E-state index contributed by atoms with van der Waals surface area (Å²) in [4.78, 5) is 22.8. The second kappa shape index (κ2) is 7.43. The summed E-state index contributed by atoms with van der Waals surface area (Å²) >= 11 is 5.98. The highest BCUT2D eigenvalue weighted by Crippen LogP contribution is 2.28. The number of nitrogens with zero attached hydrogens (tertiary/aromatic N) is 2. The van der Waals surface area contributed by atoms with Gasteiger partial charge < -0.3 is 10.1 Å². The van der Waals surface area contributed by atoms with Crippen molar-refractivity contribution >= 4 is 44.3 Å². The molecule has 4 rings (SSSR count). The van der Waals surface area contributed by atoms with E-state index in [0.717, 1.165) is 11.6 Å². The molecule has 3 N–H and O–H groups in total. The Balaban J connectivity index is 1.69. The normalized spacial score (nSPS) is 11.5. The summed E-state index contributed by atoms with van der Waals surface area (Å²) in [6.07, 6.45) is 3.31. The van der Waals surface area contributed by atoms with E-state index in [0.29, 0.717) is 28.1 Å². The van der Waals surface area contributed by atoms with Crippen molar-refractivity contribution < 1.29 is 18.3 Å². The lowest BCUT2D eigenvalue weighted by Gasteiger charge is -2.11. The van der Waals surface area contributed by atoms with Crippen LogP contribution in [0.4, 0.5) is 5.69 Å². The van der Waals surface area contributed by atoms with Gasteiger partial charge >= 0.3 is 5.97 Å². The number of anilines is 1. The zero-order valence-electron chi connectivity index (χ0n) is 15.5. The number of pyridine rings is 1. The molecule has 0 atom stereocenters. The van der Waals surface area contributed by atoms with Crippen molar-refractivity contribution in [2.45, 2.75) is 11.8 Å². The van der Waals surface area contributed by atoms with E-state index in [2.05, 4.69) is 19.7 Å². The first kappa shape index (κ1) is 19.9. The van der Waals surface area contributed by atoms with Crippen LogP contribution in [-0.2, 0) is 10.0 Å². The van der Waals surface area contributed by atoms with E-state index in [1.165, 1.54) is 6.07 Å². The highest BCUT2D eigenvalue weighted by molar-refractivity contribution is 7.92. The summed E-state index contributed by atoms with van der Waals surface area (Å²) < 4.78 is 28.1. The molecule has 4 aromatic rings. The van der Waals surface area contributed by atoms with Crippen molar-refractivity contribution in [1.29, 1.82) is 0 Å². The number of imidazole rings is 1. The minimum Gasteiger partial charge on any atom is -0.478 e. The monoisotopic (exact) mass is 442 g/mol. The van der Waals surface area contributed by atoms with Crippen LogP contribution in [0.15, 0.2) is 59.8 Å². The number of sulfonamides is 1. The molecule has 0 aliphatic heterocycles. The third-order valence-corrected chi connectivity index (χ3v) is 6.32. The summed E-state index contributed by atoms with van der Waals surface area (Å²) in [5.74, 6) is -0.672. The van der Waals surface area contributed by atoms with Crippen LogP contribution >= 0.6 is 11.6 Å². The molecular formula is C20H15ClN4O4S. The standard InChI is InChI=1S/C20H15ClN4O4S/c1-11-8-14(10-15(18(11)21)20(26)27)30(28,29)25-13-2-3-16-17(9-13)24-19(23-16)12-4-6-22-7-5-12/h2-10,25H,1H3,(H,23,24)(H,26,27). The van der Waals surface area contributed by atoms with E-state index in [1.54, 1.807) is 37.5 Å². The van der Waals surface area contributed by atoms with Crippen molar-refractivity contribution in [2.24, 2.45) is 0 Å². The molecule has 0 radical (unpaired) electrons. The van der Waals surface area contributed by atoms with Crippen LogP contribution in [0, 0.1) is 6.92 Å². The average molecular weight is 443 g/mol. The molecule has 10 heteroatoms. The number of carboxylic acid groups (broad SMARTS) is 1. The molecular weight excluding hydrogens is 428 g/mol. The number of hydrogen-bond acceptors (Lipinski definition) is 5. The fraction of sp³-hybridized carbons (Fsp3) is 0.0500. The van der Waals surface area contributed by atoms with Crippen LogP contribution < -0.4 is 4.72 Å². The van der Waals surface area contributed by atoms with Gasteiger partial charge in [-0.15, -0.1) is 0 Å². The fourth-order valence-electron chi connectivity index (χ4n) is 2.98. The fourth-order valence-corrected chi connectivity index (χ4v) is 4.33. The van der Waals surface area contributed by atoms with Gasteiger partial charge in [0.25, 0.3) is 10.0 Å². The Labute approximate surface area is 176 Å². The number of aromatic carboxylic acids is 1. The van der Waals surface area contributed by atoms with Gasteiger partial charge in [-0.1, -0.05) is 11.6 Å². The SMILES string of the molecule is Cc1cc(S(=O)(=O)Nc2ccc3nc(-c4ccncc4)[nH]c3c2)cc(C(=O)O)c1Cl. The first-order valence-corrected chi connectivity index (χ1v) is 10.6. The number of fused-ring (bicyclic) bond motifs is 1. The molecule has 8 nitrogen and oxygen atoms in total. The van der Waals surface area contributed by atoms with Gasteiger partial charge in [0.15, 0.2) is 0 Å². The molecule has 0 aliphatic carbocycles. The third kappa shape index (κ3) is 3.72. The van der Waals surface area contributed by atoms with Crippen molar-refractivity contribution in [1.82, 2.24) is 15.0 Å². The van der Waals surface area contributed by atoms with Gasteiger partial charge in [-0.2, -0.15) is 0 Å². The van der Waals surface area contributed by atoms with Crippen molar-refractivity contribution in [2.75, 3.05) is 4.72 Å². The van der Waals surface area contributed by atoms with E-state index in [-0.39, 0.29) is 15.5 Å². The van der Waals surface area contributed by atoms with Crippen molar-refractivity contribution in [3.05, 3.63) is 71.0 Å². The number of hydrogen-bond donors (Lipinski definition) is 3. The molecule has 0 aliphatic rings. The van der Waals surface area contributed by atoms with Gasteiger partial charge in [0.05, 0.1) is 32.2 Å². The second-order valence-corrected chi connectivity index (χ2v) is 8.63. The zero-order valence-corrected chi connectivity index (χ0v) is 17.1. The van der Waals surface area contributed by atoms with E-state index >= 15 is 0 Å². The molecule has 30 heavy (non-hydrogen) atoms. The topological polar surface area (TPSA) is 125 Å². The maximum atomic E-state index is 12.8. The number of halogens is 1. The molecule has 0 saturated carbocycles. The number of nitrogens with one attached hydrogen (secondary N) is 2. The van der Waals surface area contributed by atoms with Gasteiger partial charge in [0, 0.05) is 18.0 Å². The number of aromatic nitrogens is 3. The Morgan fingerprint density at radius 2 is 1.87 bits per heavy atom. The predicted molar refractivity (Wildman–Crippen MR) is 113 cm³/mol. The number of carbonyl (C=O) groups is 1. The molecule has 152 valence electrons. The number of rotatable bonds is 5. The number of H-pyrrole nitrogens is 1. The molecule has 0 fully saturated rings. The first-order chi connectivity index (χ1) is 14.2. The number of benzene rings is 2. The molecule has 0 amide bonds.